The van der Waals surface area contributed by atoms with Gasteiger partial charge in [0.05, 0.1) is 13.2 Å². The van der Waals surface area contributed by atoms with Gasteiger partial charge in [-0.15, -0.1) is 0 Å². The van der Waals surface area contributed by atoms with Crippen LogP contribution in [0.5, 0.6) is 0 Å². The number of morpholine rings is 1. The first-order chi connectivity index (χ1) is 10.8. The Labute approximate surface area is 128 Å². The van der Waals surface area contributed by atoms with Crippen LogP contribution in [-0.2, 0) is 11.3 Å². The summed E-state index contributed by atoms with van der Waals surface area (Å²) in [5.74, 6) is 1.30. The molecule has 2 aromatic heterocycles. The standard InChI is InChI=1S/C16H18N4O2/c1-11-18-16(22-19-11)15-10-21-8-7-20(15)9-12-3-2-4-14-13(12)5-6-17-14/h2-6,15,17H,7-10H2,1H3/t15-/m1/s1. The van der Waals surface area contributed by atoms with Crippen molar-refractivity contribution in [1.82, 2.24) is 20.0 Å². The van der Waals surface area contributed by atoms with Crippen LogP contribution < -0.4 is 0 Å². The van der Waals surface area contributed by atoms with Crippen LogP contribution in [0, 0.1) is 6.92 Å². The molecule has 1 aromatic carbocycles. The third kappa shape index (κ3) is 2.40. The molecule has 1 aliphatic rings. The molecule has 1 fully saturated rings. The van der Waals surface area contributed by atoms with Crippen molar-refractivity contribution in [1.29, 1.82) is 0 Å². The molecule has 3 heterocycles. The Hall–Kier alpha value is -2.18. The van der Waals surface area contributed by atoms with Crippen LogP contribution in [-0.4, -0.2) is 39.8 Å². The number of hydrogen-bond donors (Lipinski definition) is 1. The van der Waals surface area contributed by atoms with Gasteiger partial charge in [0.25, 0.3) is 0 Å². The van der Waals surface area contributed by atoms with E-state index in [9.17, 15) is 0 Å². The highest BCUT2D eigenvalue weighted by molar-refractivity contribution is 5.82. The van der Waals surface area contributed by atoms with Crippen LogP contribution in [0.2, 0.25) is 0 Å². The summed E-state index contributed by atoms with van der Waals surface area (Å²) in [6, 6.07) is 8.49. The average Bonchev–Trinajstić information content (AvgIpc) is 3.17. The number of fused-ring (bicyclic) bond motifs is 1. The molecule has 0 spiro atoms. The molecule has 0 saturated carbocycles. The van der Waals surface area contributed by atoms with Crippen LogP contribution in [0.1, 0.15) is 23.3 Å². The van der Waals surface area contributed by atoms with Crippen molar-refractivity contribution >= 4 is 10.9 Å². The zero-order chi connectivity index (χ0) is 14.9. The summed E-state index contributed by atoms with van der Waals surface area (Å²) >= 11 is 0. The lowest BCUT2D eigenvalue weighted by Crippen LogP contribution is -2.39. The maximum atomic E-state index is 5.61. The second-order valence-corrected chi connectivity index (χ2v) is 5.60. The van der Waals surface area contributed by atoms with Gasteiger partial charge in [0, 0.05) is 30.2 Å². The molecule has 22 heavy (non-hydrogen) atoms. The van der Waals surface area contributed by atoms with E-state index >= 15 is 0 Å². The minimum atomic E-state index is 0.0177. The smallest absolute Gasteiger partial charge is 0.246 e. The average molecular weight is 298 g/mol. The van der Waals surface area contributed by atoms with Crippen molar-refractivity contribution < 1.29 is 9.26 Å². The molecule has 4 rings (SSSR count). The van der Waals surface area contributed by atoms with Gasteiger partial charge in [0.2, 0.25) is 5.89 Å². The molecule has 0 aliphatic carbocycles. The van der Waals surface area contributed by atoms with Crippen LogP contribution in [0.15, 0.2) is 35.0 Å². The van der Waals surface area contributed by atoms with E-state index in [4.69, 9.17) is 9.26 Å². The Morgan fingerprint density at radius 3 is 3.18 bits per heavy atom. The molecular weight excluding hydrogens is 280 g/mol. The fraction of sp³-hybridized carbons (Fsp3) is 0.375. The third-order valence-electron chi connectivity index (χ3n) is 4.13. The van der Waals surface area contributed by atoms with Crippen molar-refractivity contribution in [3.05, 3.63) is 47.7 Å². The Morgan fingerprint density at radius 1 is 1.36 bits per heavy atom. The topological polar surface area (TPSA) is 67.2 Å². The van der Waals surface area contributed by atoms with E-state index in [0.717, 1.165) is 25.2 Å². The Kier molecular flexibility index (Phi) is 3.40. The zero-order valence-electron chi connectivity index (χ0n) is 12.5. The summed E-state index contributed by atoms with van der Waals surface area (Å²) in [5.41, 5.74) is 2.46. The van der Waals surface area contributed by atoms with Gasteiger partial charge in [-0.1, -0.05) is 17.3 Å². The van der Waals surface area contributed by atoms with E-state index in [1.165, 1.54) is 10.9 Å². The lowest BCUT2D eigenvalue weighted by Gasteiger charge is -2.33. The van der Waals surface area contributed by atoms with E-state index in [1.807, 2.05) is 13.1 Å². The maximum absolute atomic E-state index is 5.61. The summed E-state index contributed by atoms with van der Waals surface area (Å²) in [4.78, 5) is 9.98. The molecule has 0 radical (unpaired) electrons. The van der Waals surface area contributed by atoms with E-state index in [1.54, 1.807) is 0 Å². The molecule has 0 bridgehead atoms. The highest BCUT2D eigenvalue weighted by Crippen LogP contribution is 2.27. The lowest BCUT2D eigenvalue weighted by molar-refractivity contribution is -0.0239. The van der Waals surface area contributed by atoms with Gasteiger partial charge < -0.3 is 14.2 Å². The highest BCUT2D eigenvalue weighted by atomic mass is 16.5. The van der Waals surface area contributed by atoms with Crippen molar-refractivity contribution in [3.8, 4) is 0 Å². The van der Waals surface area contributed by atoms with Gasteiger partial charge in [-0.25, -0.2) is 0 Å². The van der Waals surface area contributed by atoms with Crippen LogP contribution in [0.3, 0.4) is 0 Å². The number of aryl methyl sites for hydroxylation is 1. The molecule has 3 aromatic rings. The van der Waals surface area contributed by atoms with Crippen LogP contribution >= 0.6 is 0 Å². The molecule has 0 unspecified atom stereocenters. The summed E-state index contributed by atoms with van der Waals surface area (Å²) in [6.45, 7) is 4.84. The van der Waals surface area contributed by atoms with Crippen LogP contribution in [0.25, 0.3) is 10.9 Å². The summed E-state index contributed by atoms with van der Waals surface area (Å²) in [6.07, 6.45) is 1.98. The fourth-order valence-corrected chi connectivity index (χ4v) is 3.01. The summed E-state index contributed by atoms with van der Waals surface area (Å²) in [7, 11) is 0. The molecular formula is C16H18N4O2. The van der Waals surface area contributed by atoms with Gasteiger partial charge >= 0.3 is 0 Å². The molecule has 1 N–H and O–H groups in total. The number of hydrogen-bond acceptors (Lipinski definition) is 5. The number of benzene rings is 1. The number of nitrogens with one attached hydrogen (secondary N) is 1. The Morgan fingerprint density at radius 2 is 2.32 bits per heavy atom. The predicted molar refractivity (Wildman–Crippen MR) is 81.3 cm³/mol. The van der Waals surface area contributed by atoms with E-state index < -0.39 is 0 Å². The highest BCUT2D eigenvalue weighted by Gasteiger charge is 2.29. The van der Waals surface area contributed by atoms with Crippen molar-refractivity contribution in [2.24, 2.45) is 0 Å². The number of aromatic amines is 1. The van der Waals surface area contributed by atoms with Gasteiger partial charge in [-0.05, 0) is 24.6 Å². The van der Waals surface area contributed by atoms with E-state index in [-0.39, 0.29) is 6.04 Å². The number of aromatic nitrogens is 3. The second kappa shape index (κ2) is 5.55. The summed E-state index contributed by atoms with van der Waals surface area (Å²) < 4.78 is 11.0. The molecule has 1 aliphatic heterocycles. The number of ether oxygens (including phenoxy) is 1. The fourth-order valence-electron chi connectivity index (χ4n) is 3.01. The minimum Gasteiger partial charge on any atom is -0.378 e. The van der Waals surface area contributed by atoms with Gasteiger partial charge in [-0.3, -0.25) is 4.90 Å². The SMILES string of the molecule is Cc1noc([C@H]2COCCN2Cc2cccc3[nH]ccc23)n1. The van der Waals surface area contributed by atoms with Gasteiger partial charge in [0.15, 0.2) is 5.82 Å². The van der Waals surface area contributed by atoms with Gasteiger partial charge in [-0.2, -0.15) is 4.98 Å². The molecule has 6 nitrogen and oxygen atoms in total. The van der Waals surface area contributed by atoms with E-state index in [2.05, 4.69) is 44.3 Å². The molecule has 114 valence electrons. The van der Waals surface area contributed by atoms with Crippen molar-refractivity contribution in [2.75, 3.05) is 19.8 Å². The van der Waals surface area contributed by atoms with Crippen molar-refractivity contribution in [2.45, 2.75) is 19.5 Å². The number of rotatable bonds is 3. The first-order valence-electron chi connectivity index (χ1n) is 7.48. The first kappa shape index (κ1) is 13.5. The second-order valence-electron chi connectivity index (χ2n) is 5.60. The zero-order valence-corrected chi connectivity index (χ0v) is 12.5. The minimum absolute atomic E-state index is 0.0177. The first-order valence-corrected chi connectivity index (χ1v) is 7.48. The third-order valence-corrected chi connectivity index (χ3v) is 4.13. The Balaban J connectivity index is 1.63. The predicted octanol–water partition coefficient (Wildman–Crippen LogP) is 2.43. The molecule has 6 heteroatoms. The van der Waals surface area contributed by atoms with Gasteiger partial charge in [0.1, 0.15) is 6.04 Å². The lowest BCUT2D eigenvalue weighted by atomic mass is 10.1. The quantitative estimate of drug-likeness (QED) is 0.804. The monoisotopic (exact) mass is 298 g/mol. The molecule has 0 amide bonds. The number of H-pyrrole nitrogens is 1. The van der Waals surface area contributed by atoms with Crippen molar-refractivity contribution in [3.63, 3.8) is 0 Å². The van der Waals surface area contributed by atoms with Crippen LogP contribution in [0.4, 0.5) is 0 Å². The summed E-state index contributed by atoms with van der Waals surface area (Å²) in [5, 5.41) is 5.16. The number of nitrogens with zero attached hydrogens (tertiary/aromatic N) is 3. The molecule has 1 atom stereocenters. The molecule has 1 saturated heterocycles. The normalized spacial score (nSPS) is 19.8. The maximum Gasteiger partial charge on any atom is 0.246 e. The van der Waals surface area contributed by atoms with E-state index in [0.29, 0.717) is 18.3 Å². The largest absolute Gasteiger partial charge is 0.378 e. The Bertz CT molecular complexity index is 779.